The molecule has 0 radical (unpaired) electrons. The molecule has 1 aliphatic carbocycles. The van der Waals surface area contributed by atoms with Crippen molar-refractivity contribution in [2.75, 3.05) is 0 Å². The van der Waals surface area contributed by atoms with Gasteiger partial charge >= 0.3 is 5.97 Å². The van der Waals surface area contributed by atoms with Gasteiger partial charge in [0.1, 0.15) is 25.9 Å². The van der Waals surface area contributed by atoms with Crippen LogP contribution in [-0.4, -0.2) is 23.0 Å². The molecular formula is C37H30O7. The van der Waals surface area contributed by atoms with Crippen LogP contribution >= 0.6 is 0 Å². The van der Waals surface area contributed by atoms with Crippen LogP contribution in [0.4, 0.5) is 0 Å². The number of rotatable bonds is 12. The van der Waals surface area contributed by atoms with Crippen LogP contribution in [0.15, 0.2) is 139 Å². The SMILES string of the molecule is O=C(O)C1=CC2C=C(C(=O)c3cc(OCc4ccccc4)c(OCc4ccccc4)c(OCc4ccccc4)c3)OC2C=C1. The summed E-state index contributed by atoms with van der Waals surface area (Å²) in [6.45, 7) is 0.754. The monoisotopic (exact) mass is 586 g/mol. The summed E-state index contributed by atoms with van der Waals surface area (Å²) in [6.07, 6.45) is 5.96. The van der Waals surface area contributed by atoms with Gasteiger partial charge in [-0.2, -0.15) is 0 Å². The van der Waals surface area contributed by atoms with Gasteiger partial charge in [-0.15, -0.1) is 0 Å². The lowest BCUT2D eigenvalue weighted by atomic mass is 9.94. The van der Waals surface area contributed by atoms with E-state index in [0.29, 0.717) is 22.8 Å². The molecule has 0 saturated heterocycles. The zero-order valence-corrected chi connectivity index (χ0v) is 23.8. The van der Waals surface area contributed by atoms with Crippen LogP contribution in [-0.2, 0) is 29.4 Å². The van der Waals surface area contributed by atoms with Crippen molar-refractivity contribution in [2.24, 2.45) is 5.92 Å². The number of carboxylic acid groups (broad SMARTS) is 1. The Morgan fingerprint density at radius 1 is 0.682 bits per heavy atom. The first-order valence-corrected chi connectivity index (χ1v) is 14.3. The molecule has 0 fully saturated rings. The molecule has 1 heterocycles. The Bertz CT molecular complexity index is 1660. The fraction of sp³-hybridized carbons (Fsp3) is 0.135. The highest BCUT2D eigenvalue weighted by molar-refractivity contribution is 6.08. The van der Waals surface area contributed by atoms with Gasteiger partial charge in [-0.05, 0) is 47.1 Å². The molecule has 0 bridgehead atoms. The van der Waals surface area contributed by atoms with Crippen LogP contribution < -0.4 is 14.2 Å². The van der Waals surface area contributed by atoms with Crippen molar-refractivity contribution in [3.05, 3.63) is 161 Å². The van der Waals surface area contributed by atoms with E-state index >= 15 is 0 Å². The Morgan fingerprint density at radius 2 is 1.18 bits per heavy atom. The van der Waals surface area contributed by atoms with Gasteiger partial charge in [-0.1, -0.05) is 97.1 Å². The van der Waals surface area contributed by atoms with Crippen molar-refractivity contribution in [3.8, 4) is 17.2 Å². The summed E-state index contributed by atoms with van der Waals surface area (Å²) >= 11 is 0. The normalized spacial score (nSPS) is 16.6. The third kappa shape index (κ3) is 6.73. The van der Waals surface area contributed by atoms with Crippen molar-refractivity contribution in [1.29, 1.82) is 0 Å². The van der Waals surface area contributed by atoms with Gasteiger partial charge in [-0.25, -0.2) is 4.79 Å². The zero-order chi connectivity index (χ0) is 30.3. The van der Waals surface area contributed by atoms with E-state index in [1.807, 2.05) is 91.0 Å². The molecule has 4 aromatic carbocycles. The number of ether oxygens (including phenoxy) is 4. The molecule has 0 amide bonds. The number of Topliss-reactive ketones (excluding diaryl/α,β-unsaturated/α-hetero) is 1. The molecule has 44 heavy (non-hydrogen) atoms. The number of carbonyl (C=O) groups is 2. The zero-order valence-electron chi connectivity index (χ0n) is 23.8. The first-order valence-electron chi connectivity index (χ1n) is 14.3. The smallest absolute Gasteiger partial charge is 0.335 e. The van der Waals surface area contributed by atoms with Gasteiger partial charge < -0.3 is 24.1 Å². The minimum Gasteiger partial charge on any atom is -0.485 e. The summed E-state index contributed by atoms with van der Waals surface area (Å²) in [5.74, 6) is -0.551. The second kappa shape index (κ2) is 13.2. The molecule has 2 atom stereocenters. The highest BCUT2D eigenvalue weighted by Crippen LogP contribution is 2.42. The quantitative estimate of drug-likeness (QED) is 0.177. The Labute approximate surface area is 255 Å². The molecule has 7 heteroatoms. The van der Waals surface area contributed by atoms with Crippen molar-refractivity contribution < 1.29 is 33.6 Å². The van der Waals surface area contributed by atoms with Crippen LogP contribution in [0.25, 0.3) is 0 Å². The standard InChI is InChI=1S/C37H30O7/c38-35(32-19-29-18-28(37(39)40)16-17-31(29)44-32)30-20-33(41-22-25-10-4-1-5-11-25)36(43-24-27-14-8-3-9-15-27)34(21-30)42-23-26-12-6-2-7-13-26/h1-21,29,31H,22-24H2,(H,39,40). The third-order valence-corrected chi connectivity index (χ3v) is 7.28. The maximum atomic E-state index is 13.8. The van der Waals surface area contributed by atoms with E-state index in [9.17, 15) is 14.7 Å². The van der Waals surface area contributed by atoms with Crippen molar-refractivity contribution >= 4 is 11.8 Å². The lowest BCUT2D eigenvalue weighted by molar-refractivity contribution is -0.132. The van der Waals surface area contributed by atoms with E-state index in [-0.39, 0.29) is 42.9 Å². The lowest BCUT2D eigenvalue weighted by Crippen LogP contribution is -2.18. The average Bonchev–Trinajstić information content (AvgIpc) is 3.50. The second-order valence-corrected chi connectivity index (χ2v) is 10.4. The number of carboxylic acids is 1. The molecule has 2 unspecified atom stereocenters. The van der Waals surface area contributed by atoms with Gasteiger partial charge in [0.15, 0.2) is 17.3 Å². The van der Waals surface area contributed by atoms with Crippen LogP contribution in [0, 0.1) is 5.92 Å². The predicted octanol–water partition coefficient (Wildman–Crippen LogP) is 7.09. The van der Waals surface area contributed by atoms with Crippen LogP contribution in [0.2, 0.25) is 0 Å². The number of hydrogen-bond donors (Lipinski definition) is 1. The molecule has 1 N–H and O–H groups in total. The molecule has 1 aliphatic heterocycles. The maximum Gasteiger partial charge on any atom is 0.335 e. The van der Waals surface area contributed by atoms with Gasteiger partial charge in [0.05, 0.1) is 5.57 Å². The number of benzene rings is 4. The van der Waals surface area contributed by atoms with E-state index in [4.69, 9.17) is 18.9 Å². The highest BCUT2D eigenvalue weighted by atomic mass is 16.5. The summed E-state index contributed by atoms with van der Waals surface area (Å²) in [6, 6.07) is 32.5. The van der Waals surface area contributed by atoms with Crippen molar-refractivity contribution in [2.45, 2.75) is 25.9 Å². The second-order valence-electron chi connectivity index (χ2n) is 10.4. The summed E-state index contributed by atoms with van der Waals surface area (Å²) in [5, 5.41) is 9.39. The van der Waals surface area contributed by atoms with Crippen LogP contribution in [0.3, 0.4) is 0 Å². The van der Waals surface area contributed by atoms with Crippen molar-refractivity contribution in [1.82, 2.24) is 0 Å². The summed E-state index contributed by atoms with van der Waals surface area (Å²) in [7, 11) is 0. The molecule has 4 aromatic rings. The summed E-state index contributed by atoms with van der Waals surface area (Å²) in [5.41, 5.74) is 3.31. The largest absolute Gasteiger partial charge is 0.485 e. The number of aliphatic carboxylic acids is 1. The highest BCUT2D eigenvalue weighted by Gasteiger charge is 2.33. The predicted molar refractivity (Wildman–Crippen MR) is 164 cm³/mol. The van der Waals surface area contributed by atoms with Crippen molar-refractivity contribution in [3.63, 3.8) is 0 Å². The number of fused-ring (bicyclic) bond motifs is 1. The molecule has 0 saturated carbocycles. The molecule has 7 nitrogen and oxygen atoms in total. The van der Waals surface area contributed by atoms with Gasteiger partial charge in [0.25, 0.3) is 0 Å². The topological polar surface area (TPSA) is 91.3 Å². The third-order valence-electron chi connectivity index (χ3n) is 7.28. The van der Waals surface area contributed by atoms with Crippen LogP contribution in [0.5, 0.6) is 17.2 Å². The molecule has 0 spiro atoms. The van der Waals surface area contributed by atoms with E-state index in [1.54, 1.807) is 30.4 Å². The number of carbonyl (C=O) groups excluding carboxylic acids is 1. The van der Waals surface area contributed by atoms with Gasteiger partial charge in [-0.3, -0.25) is 4.79 Å². The molecule has 6 rings (SSSR count). The summed E-state index contributed by atoms with van der Waals surface area (Å²) < 4.78 is 24.9. The molecule has 0 aromatic heterocycles. The average molecular weight is 587 g/mol. The van der Waals surface area contributed by atoms with E-state index < -0.39 is 12.1 Å². The molecule has 220 valence electrons. The number of ketones is 1. The lowest BCUT2D eigenvalue weighted by Gasteiger charge is -2.19. The Balaban J connectivity index is 1.35. The fourth-order valence-electron chi connectivity index (χ4n) is 4.98. The molecule has 2 aliphatic rings. The number of allylic oxidation sites excluding steroid dienone is 1. The Morgan fingerprint density at radius 3 is 1.68 bits per heavy atom. The van der Waals surface area contributed by atoms with E-state index in [0.717, 1.165) is 16.7 Å². The van der Waals surface area contributed by atoms with Gasteiger partial charge in [0, 0.05) is 11.5 Å². The molecular weight excluding hydrogens is 556 g/mol. The van der Waals surface area contributed by atoms with Crippen LogP contribution in [0.1, 0.15) is 27.0 Å². The number of hydrogen-bond acceptors (Lipinski definition) is 6. The van der Waals surface area contributed by atoms with E-state index in [1.165, 1.54) is 6.08 Å². The van der Waals surface area contributed by atoms with E-state index in [2.05, 4.69) is 0 Å². The maximum absolute atomic E-state index is 13.8. The first kappa shape index (κ1) is 28.6. The Kier molecular flexibility index (Phi) is 8.55. The van der Waals surface area contributed by atoms with Gasteiger partial charge in [0.2, 0.25) is 11.5 Å². The fourth-order valence-corrected chi connectivity index (χ4v) is 4.98. The first-order chi connectivity index (χ1) is 21.5. The summed E-state index contributed by atoms with van der Waals surface area (Å²) in [4.78, 5) is 25.3. The minimum absolute atomic E-state index is 0.133. The minimum atomic E-state index is -1.03. The Hall–Kier alpha value is -5.56.